The van der Waals surface area contributed by atoms with E-state index in [0.717, 1.165) is 42.6 Å². The monoisotopic (exact) mass is 405 g/mol. The summed E-state index contributed by atoms with van der Waals surface area (Å²) in [5, 5.41) is 12.3. The Morgan fingerprint density at radius 2 is 1.93 bits per heavy atom. The van der Waals surface area contributed by atoms with Crippen molar-refractivity contribution in [1.29, 1.82) is 0 Å². The molecule has 0 spiro atoms. The average Bonchev–Trinajstić information content (AvgIpc) is 3.40. The van der Waals surface area contributed by atoms with Crippen molar-refractivity contribution in [3.8, 4) is 11.4 Å². The molecule has 2 aromatic carbocycles. The van der Waals surface area contributed by atoms with Crippen LogP contribution in [0.25, 0.3) is 22.4 Å². The Hall–Kier alpha value is -3.15. The smallest absolute Gasteiger partial charge is 0.335 e. The SMILES string of the molecule is CCCCNC(=O)c1cccc(-c2nc3cc(C(=O)O)ccc3n2C2CCCC2)c1. The summed E-state index contributed by atoms with van der Waals surface area (Å²) in [6, 6.07) is 13.0. The number of rotatable bonds is 7. The van der Waals surface area contributed by atoms with Gasteiger partial charge in [-0.05, 0) is 49.6 Å². The number of carboxylic acids is 1. The fourth-order valence-corrected chi connectivity index (χ4v) is 4.25. The fourth-order valence-electron chi connectivity index (χ4n) is 4.25. The van der Waals surface area contributed by atoms with E-state index < -0.39 is 5.97 Å². The van der Waals surface area contributed by atoms with Gasteiger partial charge in [0.15, 0.2) is 0 Å². The molecule has 1 heterocycles. The minimum atomic E-state index is -0.959. The van der Waals surface area contributed by atoms with E-state index in [2.05, 4.69) is 16.8 Å². The molecule has 0 saturated heterocycles. The van der Waals surface area contributed by atoms with Gasteiger partial charge >= 0.3 is 5.97 Å². The molecular weight excluding hydrogens is 378 g/mol. The predicted octanol–water partition coefficient (Wildman–Crippen LogP) is 5.05. The van der Waals surface area contributed by atoms with Gasteiger partial charge in [-0.1, -0.05) is 38.3 Å². The average molecular weight is 405 g/mol. The zero-order chi connectivity index (χ0) is 21.1. The summed E-state index contributed by atoms with van der Waals surface area (Å²) < 4.78 is 2.24. The van der Waals surface area contributed by atoms with E-state index in [1.54, 1.807) is 12.1 Å². The molecule has 1 saturated carbocycles. The van der Waals surface area contributed by atoms with Crippen molar-refractivity contribution in [2.24, 2.45) is 0 Å². The number of carbonyl (C=O) groups is 2. The number of hydrogen-bond acceptors (Lipinski definition) is 3. The highest BCUT2D eigenvalue weighted by atomic mass is 16.4. The Morgan fingerprint density at radius 1 is 1.13 bits per heavy atom. The number of aromatic carboxylic acids is 1. The lowest BCUT2D eigenvalue weighted by molar-refractivity contribution is 0.0696. The number of nitrogens with zero attached hydrogens (tertiary/aromatic N) is 2. The third kappa shape index (κ3) is 3.95. The van der Waals surface area contributed by atoms with Crippen LogP contribution in [0.5, 0.6) is 0 Å². The molecule has 1 amide bonds. The van der Waals surface area contributed by atoms with E-state index in [-0.39, 0.29) is 11.5 Å². The van der Waals surface area contributed by atoms with Crippen molar-refractivity contribution in [2.45, 2.75) is 51.5 Å². The normalized spacial score (nSPS) is 14.3. The molecule has 156 valence electrons. The highest BCUT2D eigenvalue weighted by molar-refractivity contribution is 5.96. The van der Waals surface area contributed by atoms with Crippen LogP contribution in [0.2, 0.25) is 0 Å². The van der Waals surface area contributed by atoms with Crippen molar-refractivity contribution in [3.05, 3.63) is 53.6 Å². The molecule has 0 unspecified atom stereocenters. The first-order valence-corrected chi connectivity index (χ1v) is 10.7. The van der Waals surface area contributed by atoms with E-state index in [4.69, 9.17) is 4.98 Å². The van der Waals surface area contributed by atoms with Gasteiger partial charge in [0.05, 0.1) is 16.6 Å². The van der Waals surface area contributed by atoms with Crippen molar-refractivity contribution >= 4 is 22.9 Å². The lowest BCUT2D eigenvalue weighted by atomic mass is 10.1. The summed E-state index contributed by atoms with van der Waals surface area (Å²) in [6.45, 7) is 2.76. The number of unbranched alkanes of at least 4 members (excludes halogenated alkanes) is 1. The first kappa shape index (κ1) is 20.1. The minimum Gasteiger partial charge on any atom is -0.478 e. The number of amides is 1. The van der Waals surface area contributed by atoms with Gasteiger partial charge in [0.1, 0.15) is 5.82 Å². The predicted molar refractivity (Wildman–Crippen MR) is 117 cm³/mol. The summed E-state index contributed by atoms with van der Waals surface area (Å²) in [6.07, 6.45) is 6.50. The van der Waals surface area contributed by atoms with Gasteiger partial charge in [0.25, 0.3) is 5.91 Å². The second-order valence-corrected chi connectivity index (χ2v) is 7.94. The molecule has 0 radical (unpaired) electrons. The van der Waals surface area contributed by atoms with Gasteiger partial charge in [-0.2, -0.15) is 0 Å². The maximum absolute atomic E-state index is 12.5. The topological polar surface area (TPSA) is 84.2 Å². The Labute approximate surface area is 175 Å². The Kier molecular flexibility index (Phi) is 5.84. The van der Waals surface area contributed by atoms with Crippen LogP contribution in [0.1, 0.15) is 72.2 Å². The molecular formula is C24H27N3O3. The zero-order valence-corrected chi connectivity index (χ0v) is 17.2. The van der Waals surface area contributed by atoms with Gasteiger partial charge in [-0.15, -0.1) is 0 Å². The van der Waals surface area contributed by atoms with Crippen molar-refractivity contribution in [3.63, 3.8) is 0 Å². The number of benzene rings is 2. The molecule has 3 aromatic rings. The maximum atomic E-state index is 12.5. The van der Waals surface area contributed by atoms with Crippen LogP contribution in [0.3, 0.4) is 0 Å². The van der Waals surface area contributed by atoms with E-state index in [1.807, 2.05) is 30.3 Å². The van der Waals surface area contributed by atoms with Crippen molar-refractivity contribution < 1.29 is 14.7 Å². The second-order valence-electron chi connectivity index (χ2n) is 7.94. The Bertz CT molecular complexity index is 1080. The standard InChI is InChI=1S/C24H27N3O3/c1-2-3-13-25-23(28)17-8-6-7-16(14-17)22-26-20-15-18(24(29)30)11-12-21(20)27(22)19-9-4-5-10-19/h6-8,11-12,14-15,19H,2-5,9-10,13H2,1H3,(H,25,28)(H,29,30). The lowest BCUT2D eigenvalue weighted by Crippen LogP contribution is -2.24. The summed E-state index contributed by atoms with van der Waals surface area (Å²) >= 11 is 0. The van der Waals surface area contributed by atoms with Crippen LogP contribution in [0, 0.1) is 0 Å². The van der Waals surface area contributed by atoms with Crippen molar-refractivity contribution in [1.82, 2.24) is 14.9 Å². The highest BCUT2D eigenvalue weighted by Crippen LogP contribution is 2.37. The number of carbonyl (C=O) groups excluding carboxylic acids is 1. The summed E-state index contributed by atoms with van der Waals surface area (Å²) in [4.78, 5) is 28.8. The molecule has 6 heteroatoms. The number of fused-ring (bicyclic) bond motifs is 1. The lowest BCUT2D eigenvalue weighted by Gasteiger charge is -2.17. The largest absolute Gasteiger partial charge is 0.478 e. The Balaban J connectivity index is 1.77. The number of nitrogens with one attached hydrogen (secondary N) is 1. The molecule has 2 N–H and O–H groups in total. The van der Waals surface area contributed by atoms with E-state index >= 15 is 0 Å². The minimum absolute atomic E-state index is 0.0815. The van der Waals surface area contributed by atoms with Gasteiger partial charge in [0, 0.05) is 23.7 Å². The van der Waals surface area contributed by atoms with Crippen LogP contribution >= 0.6 is 0 Å². The Morgan fingerprint density at radius 3 is 2.67 bits per heavy atom. The van der Waals surface area contributed by atoms with Gasteiger partial charge < -0.3 is 15.0 Å². The zero-order valence-electron chi connectivity index (χ0n) is 17.2. The van der Waals surface area contributed by atoms with Gasteiger partial charge in [-0.25, -0.2) is 9.78 Å². The number of imidazole rings is 1. The number of hydrogen-bond donors (Lipinski definition) is 2. The van der Waals surface area contributed by atoms with E-state index in [1.165, 1.54) is 12.8 Å². The van der Waals surface area contributed by atoms with E-state index in [9.17, 15) is 14.7 Å². The third-order valence-corrected chi connectivity index (χ3v) is 5.83. The van der Waals surface area contributed by atoms with Gasteiger partial charge in [0.2, 0.25) is 0 Å². The first-order valence-electron chi connectivity index (χ1n) is 10.7. The molecule has 4 rings (SSSR count). The molecule has 1 aliphatic rings. The molecule has 1 fully saturated rings. The maximum Gasteiger partial charge on any atom is 0.335 e. The van der Waals surface area contributed by atoms with Crippen molar-refractivity contribution in [2.75, 3.05) is 6.54 Å². The molecule has 0 bridgehead atoms. The first-order chi connectivity index (χ1) is 14.6. The molecule has 1 aromatic heterocycles. The van der Waals surface area contributed by atoms with Crippen LogP contribution in [-0.4, -0.2) is 33.1 Å². The molecule has 1 aliphatic carbocycles. The number of aromatic nitrogens is 2. The van der Waals surface area contributed by atoms with Crippen LogP contribution in [0.4, 0.5) is 0 Å². The van der Waals surface area contributed by atoms with E-state index in [0.29, 0.717) is 23.7 Å². The molecule has 0 aliphatic heterocycles. The summed E-state index contributed by atoms with van der Waals surface area (Å²) in [5.41, 5.74) is 3.33. The molecule has 30 heavy (non-hydrogen) atoms. The van der Waals surface area contributed by atoms with Crippen LogP contribution in [0.15, 0.2) is 42.5 Å². The fraction of sp³-hybridized carbons (Fsp3) is 0.375. The van der Waals surface area contributed by atoms with Crippen LogP contribution < -0.4 is 5.32 Å². The summed E-state index contributed by atoms with van der Waals surface area (Å²) in [7, 11) is 0. The quantitative estimate of drug-likeness (QED) is 0.539. The molecule has 6 nitrogen and oxygen atoms in total. The number of carboxylic acid groups (broad SMARTS) is 1. The highest BCUT2D eigenvalue weighted by Gasteiger charge is 2.24. The van der Waals surface area contributed by atoms with Gasteiger partial charge in [-0.3, -0.25) is 4.79 Å². The molecule has 0 atom stereocenters. The third-order valence-electron chi connectivity index (χ3n) is 5.83. The second kappa shape index (κ2) is 8.69. The van der Waals surface area contributed by atoms with Crippen LogP contribution in [-0.2, 0) is 0 Å². The summed E-state index contributed by atoms with van der Waals surface area (Å²) in [5.74, 6) is -0.246.